The first-order valence-electron chi connectivity index (χ1n) is 4.06. The van der Waals surface area contributed by atoms with Gasteiger partial charge in [-0.05, 0) is 19.4 Å². The van der Waals surface area contributed by atoms with Crippen LogP contribution in [0.3, 0.4) is 0 Å². The second-order valence-electron chi connectivity index (χ2n) is 4.20. The molecule has 1 aliphatic heterocycles. The SMILES string of the molecule is CC1=C(C(C)(C)C)ONC1C. The molecular weight excluding hydrogens is 138 g/mol. The van der Waals surface area contributed by atoms with Crippen molar-refractivity contribution in [3.63, 3.8) is 0 Å². The lowest BCUT2D eigenvalue weighted by Crippen LogP contribution is -2.19. The quantitative estimate of drug-likeness (QED) is 0.579. The van der Waals surface area contributed by atoms with Crippen LogP contribution in [0, 0.1) is 5.41 Å². The Bertz CT molecular complexity index is 188. The standard InChI is InChI=1S/C9H17NO/c1-6-7(2)10-11-8(6)9(3,4)5/h7,10H,1-5H3. The van der Waals surface area contributed by atoms with Crippen molar-refractivity contribution in [1.29, 1.82) is 0 Å². The highest BCUT2D eigenvalue weighted by Crippen LogP contribution is 2.32. The van der Waals surface area contributed by atoms with Gasteiger partial charge in [0.1, 0.15) is 5.76 Å². The molecule has 0 aromatic heterocycles. The molecule has 0 amide bonds. The molecule has 1 heterocycles. The van der Waals surface area contributed by atoms with Crippen LogP contribution in [0.5, 0.6) is 0 Å². The van der Waals surface area contributed by atoms with E-state index in [9.17, 15) is 0 Å². The van der Waals surface area contributed by atoms with Gasteiger partial charge in [-0.3, -0.25) is 0 Å². The van der Waals surface area contributed by atoms with Crippen molar-refractivity contribution in [3.8, 4) is 0 Å². The lowest BCUT2D eigenvalue weighted by atomic mass is 9.90. The largest absolute Gasteiger partial charge is 0.412 e. The average molecular weight is 155 g/mol. The van der Waals surface area contributed by atoms with E-state index in [1.54, 1.807) is 0 Å². The molecule has 2 heteroatoms. The van der Waals surface area contributed by atoms with E-state index in [-0.39, 0.29) is 5.41 Å². The van der Waals surface area contributed by atoms with Gasteiger partial charge in [0.05, 0.1) is 6.04 Å². The van der Waals surface area contributed by atoms with Crippen molar-refractivity contribution in [3.05, 3.63) is 11.3 Å². The molecule has 1 rings (SSSR count). The zero-order valence-corrected chi connectivity index (χ0v) is 7.99. The Labute approximate surface area is 68.6 Å². The van der Waals surface area contributed by atoms with Gasteiger partial charge >= 0.3 is 0 Å². The second-order valence-corrected chi connectivity index (χ2v) is 4.20. The molecule has 0 fully saturated rings. The first kappa shape index (κ1) is 8.60. The van der Waals surface area contributed by atoms with Crippen molar-refractivity contribution in [2.45, 2.75) is 40.7 Å². The van der Waals surface area contributed by atoms with E-state index in [1.807, 2.05) is 0 Å². The summed E-state index contributed by atoms with van der Waals surface area (Å²) in [5.41, 5.74) is 4.40. The van der Waals surface area contributed by atoms with Gasteiger partial charge in [0.15, 0.2) is 0 Å². The molecule has 11 heavy (non-hydrogen) atoms. The van der Waals surface area contributed by atoms with Crippen LogP contribution in [0.2, 0.25) is 0 Å². The lowest BCUT2D eigenvalue weighted by Gasteiger charge is -2.19. The summed E-state index contributed by atoms with van der Waals surface area (Å²) in [5.74, 6) is 1.09. The molecule has 64 valence electrons. The van der Waals surface area contributed by atoms with Crippen molar-refractivity contribution in [2.24, 2.45) is 5.41 Å². The minimum atomic E-state index is 0.127. The topological polar surface area (TPSA) is 21.3 Å². The summed E-state index contributed by atoms with van der Waals surface area (Å²) in [4.78, 5) is 5.37. The maximum Gasteiger partial charge on any atom is 0.130 e. The maximum atomic E-state index is 5.37. The molecule has 1 aliphatic rings. The minimum Gasteiger partial charge on any atom is -0.412 e. The molecule has 0 aliphatic carbocycles. The van der Waals surface area contributed by atoms with Crippen LogP contribution < -0.4 is 5.48 Å². The van der Waals surface area contributed by atoms with E-state index >= 15 is 0 Å². The third kappa shape index (κ3) is 1.56. The number of hydroxylamine groups is 1. The highest BCUT2D eigenvalue weighted by molar-refractivity contribution is 5.19. The van der Waals surface area contributed by atoms with Crippen LogP contribution in [-0.2, 0) is 4.84 Å². The Hall–Kier alpha value is -0.500. The Morgan fingerprint density at radius 3 is 2.09 bits per heavy atom. The van der Waals surface area contributed by atoms with Gasteiger partial charge in [0.2, 0.25) is 0 Å². The third-order valence-corrected chi connectivity index (χ3v) is 2.03. The molecule has 0 aromatic rings. The monoisotopic (exact) mass is 155 g/mol. The number of nitrogens with one attached hydrogen (secondary N) is 1. The normalized spacial score (nSPS) is 25.7. The zero-order valence-electron chi connectivity index (χ0n) is 7.99. The molecular formula is C9H17NO. The number of rotatable bonds is 0. The number of allylic oxidation sites excluding steroid dienone is 1. The highest BCUT2D eigenvalue weighted by Gasteiger charge is 2.29. The summed E-state index contributed by atoms with van der Waals surface area (Å²) < 4.78 is 0. The van der Waals surface area contributed by atoms with E-state index in [1.165, 1.54) is 5.57 Å². The van der Waals surface area contributed by atoms with Crippen LogP contribution in [0.15, 0.2) is 11.3 Å². The summed E-state index contributed by atoms with van der Waals surface area (Å²) in [7, 11) is 0. The summed E-state index contributed by atoms with van der Waals surface area (Å²) in [6, 6.07) is 0.365. The van der Waals surface area contributed by atoms with Gasteiger partial charge in [-0.25, -0.2) is 0 Å². The van der Waals surface area contributed by atoms with E-state index in [0.717, 1.165) is 5.76 Å². The van der Waals surface area contributed by atoms with Crippen LogP contribution in [0.4, 0.5) is 0 Å². The highest BCUT2D eigenvalue weighted by atomic mass is 16.7. The van der Waals surface area contributed by atoms with Gasteiger partial charge in [-0.2, -0.15) is 5.48 Å². The van der Waals surface area contributed by atoms with Crippen LogP contribution in [0.1, 0.15) is 34.6 Å². The molecule has 0 radical (unpaired) electrons. The van der Waals surface area contributed by atoms with E-state index in [0.29, 0.717) is 6.04 Å². The fourth-order valence-corrected chi connectivity index (χ4v) is 1.26. The molecule has 1 N–H and O–H groups in total. The fraction of sp³-hybridized carbons (Fsp3) is 0.778. The van der Waals surface area contributed by atoms with Crippen LogP contribution in [-0.4, -0.2) is 6.04 Å². The summed E-state index contributed by atoms with van der Waals surface area (Å²) in [6.07, 6.45) is 0. The molecule has 0 spiro atoms. The summed E-state index contributed by atoms with van der Waals surface area (Å²) >= 11 is 0. The van der Waals surface area contributed by atoms with E-state index in [4.69, 9.17) is 4.84 Å². The average Bonchev–Trinajstić information content (AvgIpc) is 2.11. The first-order chi connectivity index (χ1) is 4.93. The van der Waals surface area contributed by atoms with Crippen molar-refractivity contribution in [1.82, 2.24) is 5.48 Å². The third-order valence-electron chi connectivity index (χ3n) is 2.03. The Balaban J connectivity index is 2.88. The van der Waals surface area contributed by atoms with E-state index < -0.39 is 0 Å². The minimum absolute atomic E-state index is 0.127. The fourth-order valence-electron chi connectivity index (χ4n) is 1.26. The van der Waals surface area contributed by atoms with Crippen LogP contribution in [0.25, 0.3) is 0 Å². The molecule has 0 bridgehead atoms. The Morgan fingerprint density at radius 1 is 1.36 bits per heavy atom. The van der Waals surface area contributed by atoms with Gasteiger partial charge in [-0.15, -0.1) is 0 Å². The van der Waals surface area contributed by atoms with Crippen molar-refractivity contribution >= 4 is 0 Å². The number of hydrogen-bond donors (Lipinski definition) is 1. The number of hydrogen-bond acceptors (Lipinski definition) is 2. The molecule has 2 nitrogen and oxygen atoms in total. The Morgan fingerprint density at radius 2 is 1.91 bits per heavy atom. The van der Waals surface area contributed by atoms with Crippen molar-refractivity contribution < 1.29 is 4.84 Å². The van der Waals surface area contributed by atoms with Gasteiger partial charge in [0, 0.05) is 5.41 Å². The molecule has 1 atom stereocenters. The predicted molar refractivity (Wildman–Crippen MR) is 45.8 cm³/mol. The molecule has 0 saturated carbocycles. The smallest absolute Gasteiger partial charge is 0.130 e. The second kappa shape index (κ2) is 2.52. The first-order valence-corrected chi connectivity index (χ1v) is 4.06. The summed E-state index contributed by atoms with van der Waals surface area (Å²) in [6.45, 7) is 10.7. The van der Waals surface area contributed by atoms with Crippen LogP contribution >= 0.6 is 0 Å². The molecule has 0 aromatic carbocycles. The van der Waals surface area contributed by atoms with Gasteiger partial charge in [-0.1, -0.05) is 20.8 Å². The van der Waals surface area contributed by atoms with Gasteiger partial charge < -0.3 is 4.84 Å². The molecule has 0 saturated heterocycles. The zero-order chi connectivity index (χ0) is 8.65. The van der Waals surface area contributed by atoms with E-state index in [2.05, 4.69) is 40.1 Å². The predicted octanol–water partition coefficient (Wildman–Crippen LogP) is 2.23. The molecule has 1 unspecified atom stereocenters. The van der Waals surface area contributed by atoms with Crippen molar-refractivity contribution in [2.75, 3.05) is 0 Å². The Kier molecular flexibility index (Phi) is 1.97. The summed E-state index contributed by atoms with van der Waals surface area (Å²) in [5, 5.41) is 0. The lowest BCUT2D eigenvalue weighted by molar-refractivity contribution is 0.0824. The maximum absolute atomic E-state index is 5.37. The van der Waals surface area contributed by atoms with Gasteiger partial charge in [0.25, 0.3) is 0 Å².